The standard InChI is InChI=1S/C15H10F3NO2/c16-15(17,18)13-8-12(19-10-20)6-7-14(13)21-9-11-4-2-1-3-5-11/h1-8H,9H2. The fraction of sp³-hybridized carbons (Fsp3) is 0.133. The summed E-state index contributed by atoms with van der Waals surface area (Å²) in [6, 6.07) is 12.0. The zero-order valence-corrected chi connectivity index (χ0v) is 10.7. The number of aliphatic imine (C=N–C) groups is 1. The highest BCUT2D eigenvalue weighted by Gasteiger charge is 2.34. The van der Waals surface area contributed by atoms with Crippen LogP contribution in [-0.4, -0.2) is 6.08 Å². The summed E-state index contributed by atoms with van der Waals surface area (Å²) in [4.78, 5) is 13.3. The highest BCUT2D eigenvalue weighted by Crippen LogP contribution is 2.38. The van der Waals surface area contributed by atoms with E-state index in [-0.39, 0.29) is 18.0 Å². The van der Waals surface area contributed by atoms with Crippen molar-refractivity contribution >= 4 is 11.8 Å². The van der Waals surface area contributed by atoms with Crippen molar-refractivity contribution in [2.75, 3.05) is 0 Å². The van der Waals surface area contributed by atoms with Crippen LogP contribution in [-0.2, 0) is 17.6 Å². The summed E-state index contributed by atoms with van der Waals surface area (Å²) in [7, 11) is 0. The molecule has 0 radical (unpaired) electrons. The Hall–Kier alpha value is -2.59. The molecule has 0 atom stereocenters. The zero-order chi connectivity index (χ0) is 15.3. The summed E-state index contributed by atoms with van der Waals surface area (Å²) in [5.41, 5.74) is -0.347. The zero-order valence-electron chi connectivity index (χ0n) is 10.7. The molecule has 0 N–H and O–H groups in total. The molecule has 0 amide bonds. The molecule has 6 heteroatoms. The number of nitrogens with zero attached hydrogens (tertiary/aromatic N) is 1. The van der Waals surface area contributed by atoms with Crippen molar-refractivity contribution in [1.29, 1.82) is 0 Å². The predicted molar refractivity (Wildman–Crippen MR) is 70.0 cm³/mol. The molecule has 0 aliphatic rings. The molecule has 0 bridgehead atoms. The second-order valence-electron chi connectivity index (χ2n) is 4.16. The van der Waals surface area contributed by atoms with E-state index in [2.05, 4.69) is 4.99 Å². The van der Waals surface area contributed by atoms with Gasteiger partial charge in [0.15, 0.2) is 0 Å². The van der Waals surface area contributed by atoms with Crippen LogP contribution in [0, 0.1) is 0 Å². The van der Waals surface area contributed by atoms with Crippen molar-refractivity contribution in [2.24, 2.45) is 4.99 Å². The number of rotatable bonds is 4. The number of carbonyl (C=O) groups excluding carboxylic acids is 1. The minimum atomic E-state index is -4.60. The topological polar surface area (TPSA) is 38.7 Å². The molecule has 2 aromatic carbocycles. The average molecular weight is 293 g/mol. The van der Waals surface area contributed by atoms with Crippen LogP contribution in [0.3, 0.4) is 0 Å². The van der Waals surface area contributed by atoms with Gasteiger partial charge in [0.1, 0.15) is 12.4 Å². The predicted octanol–water partition coefficient (Wildman–Crippen LogP) is 4.25. The van der Waals surface area contributed by atoms with E-state index in [0.717, 1.165) is 17.7 Å². The van der Waals surface area contributed by atoms with Crippen LogP contribution in [0.15, 0.2) is 53.5 Å². The van der Waals surface area contributed by atoms with Crippen LogP contribution in [0.1, 0.15) is 11.1 Å². The first-order valence-corrected chi connectivity index (χ1v) is 5.96. The van der Waals surface area contributed by atoms with Gasteiger partial charge in [-0.3, -0.25) is 0 Å². The summed E-state index contributed by atoms with van der Waals surface area (Å²) in [5, 5.41) is 0. The minimum Gasteiger partial charge on any atom is -0.488 e. The lowest BCUT2D eigenvalue weighted by atomic mass is 10.1. The maximum absolute atomic E-state index is 13.0. The monoisotopic (exact) mass is 293 g/mol. The van der Waals surface area contributed by atoms with Crippen LogP contribution in [0.2, 0.25) is 0 Å². The fourth-order valence-corrected chi connectivity index (χ4v) is 1.72. The van der Waals surface area contributed by atoms with Gasteiger partial charge in [0.2, 0.25) is 6.08 Å². The van der Waals surface area contributed by atoms with Gasteiger partial charge in [0.25, 0.3) is 0 Å². The van der Waals surface area contributed by atoms with Crippen LogP contribution in [0.4, 0.5) is 18.9 Å². The normalized spacial score (nSPS) is 10.8. The maximum Gasteiger partial charge on any atom is 0.420 e. The first-order chi connectivity index (χ1) is 10.0. The van der Waals surface area contributed by atoms with E-state index in [9.17, 15) is 18.0 Å². The molecule has 0 saturated carbocycles. The summed E-state index contributed by atoms with van der Waals surface area (Å²) in [6.07, 6.45) is -3.39. The molecule has 2 rings (SSSR count). The van der Waals surface area contributed by atoms with E-state index < -0.39 is 11.7 Å². The summed E-state index contributed by atoms with van der Waals surface area (Å²) in [6.45, 7) is 0.0141. The Morgan fingerprint density at radius 3 is 2.43 bits per heavy atom. The largest absolute Gasteiger partial charge is 0.488 e. The molecule has 0 fully saturated rings. The summed E-state index contributed by atoms with van der Waals surface area (Å²) >= 11 is 0. The number of isocyanates is 1. The van der Waals surface area contributed by atoms with E-state index in [4.69, 9.17) is 4.74 Å². The van der Waals surface area contributed by atoms with E-state index in [0.29, 0.717) is 0 Å². The molecule has 0 unspecified atom stereocenters. The van der Waals surface area contributed by atoms with Gasteiger partial charge in [0.05, 0.1) is 11.3 Å². The Balaban J connectivity index is 2.28. The van der Waals surface area contributed by atoms with Gasteiger partial charge in [-0.15, -0.1) is 0 Å². The van der Waals surface area contributed by atoms with E-state index in [1.54, 1.807) is 30.3 Å². The Kier molecular flexibility index (Phi) is 4.40. The lowest BCUT2D eigenvalue weighted by Crippen LogP contribution is -2.08. The number of halogens is 3. The molecule has 0 saturated heterocycles. The Morgan fingerprint density at radius 1 is 1.10 bits per heavy atom. The lowest BCUT2D eigenvalue weighted by Gasteiger charge is -2.14. The van der Waals surface area contributed by atoms with Gasteiger partial charge in [-0.25, -0.2) is 4.79 Å². The SMILES string of the molecule is O=C=Nc1ccc(OCc2ccccc2)c(C(F)(F)F)c1. The maximum atomic E-state index is 13.0. The number of alkyl halides is 3. The van der Waals surface area contributed by atoms with Crippen LogP contribution < -0.4 is 4.74 Å². The smallest absolute Gasteiger partial charge is 0.420 e. The minimum absolute atomic E-state index is 0.0141. The number of benzene rings is 2. The molecule has 0 aromatic heterocycles. The molecule has 0 aliphatic heterocycles. The molecule has 0 spiro atoms. The average Bonchev–Trinajstić information content (AvgIpc) is 2.46. The van der Waals surface area contributed by atoms with Gasteiger partial charge in [-0.2, -0.15) is 18.2 Å². The number of hydrogen-bond acceptors (Lipinski definition) is 3. The molecule has 3 nitrogen and oxygen atoms in total. The molecule has 21 heavy (non-hydrogen) atoms. The number of ether oxygens (including phenoxy) is 1. The fourth-order valence-electron chi connectivity index (χ4n) is 1.72. The van der Waals surface area contributed by atoms with Gasteiger partial charge < -0.3 is 4.74 Å². The van der Waals surface area contributed by atoms with Crippen LogP contribution >= 0.6 is 0 Å². The van der Waals surface area contributed by atoms with Crippen molar-refractivity contribution in [3.8, 4) is 5.75 Å². The van der Waals surface area contributed by atoms with E-state index in [1.165, 1.54) is 12.1 Å². The third-order valence-corrected chi connectivity index (χ3v) is 2.68. The molecule has 0 heterocycles. The van der Waals surface area contributed by atoms with Crippen LogP contribution in [0.25, 0.3) is 0 Å². The second-order valence-corrected chi connectivity index (χ2v) is 4.16. The Labute approximate surface area is 118 Å². The van der Waals surface area contributed by atoms with Crippen molar-refractivity contribution < 1.29 is 22.7 Å². The van der Waals surface area contributed by atoms with Gasteiger partial charge in [-0.05, 0) is 23.8 Å². The molecular weight excluding hydrogens is 283 g/mol. The van der Waals surface area contributed by atoms with Crippen molar-refractivity contribution in [3.63, 3.8) is 0 Å². The molecular formula is C15H10F3NO2. The Morgan fingerprint density at radius 2 is 1.81 bits per heavy atom. The second kappa shape index (κ2) is 6.24. The van der Waals surface area contributed by atoms with Crippen molar-refractivity contribution in [1.82, 2.24) is 0 Å². The van der Waals surface area contributed by atoms with Crippen molar-refractivity contribution in [3.05, 3.63) is 59.7 Å². The van der Waals surface area contributed by atoms with E-state index >= 15 is 0 Å². The van der Waals surface area contributed by atoms with Gasteiger partial charge in [0, 0.05) is 0 Å². The number of hydrogen-bond donors (Lipinski definition) is 0. The third-order valence-electron chi connectivity index (χ3n) is 2.68. The summed E-state index contributed by atoms with van der Waals surface area (Å²) < 4.78 is 44.1. The molecule has 0 aliphatic carbocycles. The lowest BCUT2D eigenvalue weighted by molar-refractivity contribution is -0.139. The molecule has 2 aromatic rings. The third kappa shape index (κ3) is 3.94. The van der Waals surface area contributed by atoms with Gasteiger partial charge in [-0.1, -0.05) is 30.3 Å². The first kappa shape index (κ1) is 14.8. The molecule has 108 valence electrons. The van der Waals surface area contributed by atoms with Crippen molar-refractivity contribution in [2.45, 2.75) is 12.8 Å². The highest BCUT2D eigenvalue weighted by atomic mass is 19.4. The van der Waals surface area contributed by atoms with Gasteiger partial charge >= 0.3 is 6.18 Å². The first-order valence-electron chi connectivity index (χ1n) is 5.96. The highest BCUT2D eigenvalue weighted by molar-refractivity contribution is 5.54. The quantitative estimate of drug-likeness (QED) is 0.624. The van der Waals surface area contributed by atoms with Crippen LogP contribution in [0.5, 0.6) is 5.75 Å². The summed E-state index contributed by atoms with van der Waals surface area (Å²) in [5.74, 6) is -0.309. The Bertz CT molecular complexity index is 662. The van der Waals surface area contributed by atoms with E-state index in [1.807, 2.05) is 0 Å².